The molecule has 2 saturated heterocycles. The topological polar surface area (TPSA) is 127 Å². The number of benzene rings is 2. The van der Waals surface area contributed by atoms with Crippen molar-refractivity contribution in [3.8, 4) is 0 Å². The molecule has 0 saturated carbocycles. The number of aliphatic hydroxyl groups is 1. The van der Waals surface area contributed by atoms with Crippen LogP contribution in [0, 0.1) is 0 Å². The van der Waals surface area contributed by atoms with E-state index in [0.717, 1.165) is 30.2 Å². The number of nitrogens with zero attached hydrogens (tertiary/aromatic N) is 1. The van der Waals surface area contributed by atoms with Crippen LogP contribution in [-0.4, -0.2) is 71.5 Å². The number of quaternary nitrogens is 1. The maximum atomic E-state index is 13.3. The van der Waals surface area contributed by atoms with E-state index in [1.54, 1.807) is 48.5 Å². The van der Waals surface area contributed by atoms with Gasteiger partial charge in [0.15, 0.2) is 0 Å². The van der Waals surface area contributed by atoms with E-state index in [0.29, 0.717) is 29.8 Å². The molecular formula is C24H29FNO7S-. The van der Waals surface area contributed by atoms with Gasteiger partial charge in [-0.15, -0.1) is 0 Å². The summed E-state index contributed by atoms with van der Waals surface area (Å²) in [4.78, 5) is 13.3. The number of esters is 1. The Bertz CT molecular complexity index is 1000. The largest absolute Gasteiger partial charge is 0.759 e. The molecule has 2 aromatic rings. The zero-order chi connectivity index (χ0) is 25.0. The van der Waals surface area contributed by atoms with Crippen molar-refractivity contribution in [1.29, 1.82) is 0 Å². The minimum atomic E-state index is -5.17. The van der Waals surface area contributed by atoms with Crippen molar-refractivity contribution in [3.63, 3.8) is 0 Å². The quantitative estimate of drug-likeness (QED) is 0.282. The monoisotopic (exact) mass is 494 g/mol. The van der Waals surface area contributed by atoms with Crippen molar-refractivity contribution in [3.05, 3.63) is 71.8 Å². The number of fused-ring (bicyclic) bond motifs is 2. The van der Waals surface area contributed by atoms with Crippen LogP contribution in [0.25, 0.3) is 0 Å². The molecule has 0 aromatic heterocycles. The summed E-state index contributed by atoms with van der Waals surface area (Å²) >= 11 is 0. The van der Waals surface area contributed by atoms with Crippen LogP contribution in [0.3, 0.4) is 0 Å². The Morgan fingerprint density at radius 1 is 1.03 bits per heavy atom. The van der Waals surface area contributed by atoms with Crippen LogP contribution in [0.1, 0.15) is 36.8 Å². The first-order chi connectivity index (χ1) is 16.0. The highest BCUT2D eigenvalue weighted by Crippen LogP contribution is 2.43. The molecule has 2 heterocycles. The van der Waals surface area contributed by atoms with Gasteiger partial charge in [0.2, 0.25) is 5.60 Å². The molecular weight excluding hydrogens is 465 g/mol. The molecule has 186 valence electrons. The second kappa shape index (κ2) is 10.5. The van der Waals surface area contributed by atoms with E-state index < -0.39 is 22.0 Å². The van der Waals surface area contributed by atoms with Crippen LogP contribution in [-0.2, 0) is 25.5 Å². The Hall–Kier alpha value is -2.37. The van der Waals surface area contributed by atoms with E-state index in [1.807, 2.05) is 12.1 Å². The Morgan fingerprint density at radius 3 is 1.82 bits per heavy atom. The van der Waals surface area contributed by atoms with E-state index in [9.17, 15) is 14.3 Å². The average Bonchev–Trinajstić information content (AvgIpc) is 2.95. The van der Waals surface area contributed by atoms with Gasteiger partial charge >= 0.3 is 5.97 Å². The molecule has 1 N–H and O–H groups in total. The Kier molecular flexibility index (Phi) is 8.10. The first kappa shape index (κ1) is 26.2. The molecule has 0 unspecified atom stereocenters. The fourth-order valence-electron chi connectivity index (χ4n) is 5.33. The lowest BCUT2D eigenvalue weighted by molar-refractivity contribution is -0.949. The molecule has 2 atom stereocenters. The summed E-state index contributed by atoms with van der Waals surface area (Å²) in [5.74, 6) is -0.638. The van der Waals surface area contributed by atoms with Gasteiger partial charge in [-0.3, -0.25) is 8.42 Å². The van der Waals surface area contributed by atoms with E-state index >= 15 is 0 Å². The van der Waals surface area contributed by atoms with Gasteiger partial charge in [-0.2, -0.15) is 0 Å². The lowest BCUT2D eigenvalue weighted by Crippen LogP contribution is -2.60. The summed E-state index contributed by atoms with van der Waals surface area (Å²) < 4.78 is 53.9. The Morgan fingerprint density at radius 2 is 1.44 bits per heavy atom. The zero-order valence-electron chi connectivity index (χ0n) is 18.9. The minimum absolute atomic E-state index is 0.246. The third-order valence-electron chi connectivity index (χ3n) is 7.09. The number of ether oxygens (including phenoxy) is 1. The SMILES string of the molecule is C[N+]1(CCF)[C@H]2CC[C@H]1CC(OC(=O)C(O)(c1ccccc1)c1ccccc1)C2.O=S(=O)([O-])[O-]. The molecule has 0 amide bonds. The fourth-order valence-corrected chi connectivity index (χ4v) is 5.33. The van der Waals surface area contributed by atoms with Gasteiger partial charge in [-0.1, -0.05) is 60.7 Å². The number of rotatable bonds is 6. The van der Waals surface area contributed by atoms with Crippen LogP contribution >= 0.6 is 0 Å². The molecule has 2 aromatic carbocycles. The van der Waals surface area contributed by atoms with Crippen molar-refractivity contribution >= 4 is 16.4 Å². The lowest BCUT2D eigenvalue weighted by Gasteiger charge is -2.46. The minimum Gasteiger partial charge on any atom is -0.759 e. The van der Waals surface area contributed by atoms with Crippen molar-refractivity contribution in [2.75, 3.05) is 20.3 Å². The highest BCUT2D eigenvalue weighted by molar-refractivity contribution is 7.79. The molecule has 8 nitrogen and oxygen atoms in total. The predicted octanol–water partition coefficient (Wildman–Crippen LogP) is 2.24. The Labute approximate surface area is 199 Å². The van der Waals surface area contributed by atoms with Gasteiger partial charge in [-0.05, 0) is 11.1 Å². The number of piperidine rings is 1. The molecule has 0 spiro atoms. The van der Waals surface area contributed by atoms with E-state index in [2.05, 4.69) is 7.05 Å². The number of carbonyl (C=O) groups is 1. The highest BCUT2D eigenvalue weighted by Gasteiger charge is 2.53. The maximum Gasteiger partial charge on any atom is 0.347 e. The third kappa shape index (κ3) is 5.81. The van der Waals surface area contributed by atoms with Crippen molar-refractivity contribution in [2.45, 2.75) is 49.5 Å². The average molecular weight is 495 g/mol. The van der Waals surface area contributed by atoms with Gasteiger partial charge in [0.25, 0.3) is 0 Å². The summed E-state index contributed by atoms with van der Waals surface area (Å²) in [7, 11) is -3.04. The first-order valence-corrected chi connectivity index (χ1v) is 12.4. The van der Waals surface area contributed by atoms with Crippen LogP contribution in [0.4, 0.5) is 4.39 Å². The molecule has 0 aliphatic carbocycles. The van der Waals surface area contributed by atoms with Crippen LogP contribution in [0.2, 0.25) is 0 Å². The summed E-state index contributed by atoms with van der Waals surface area (Å²) in [6.45, 7) is 0.198. The molecule has 2 bridgehead atoms. The third-order valence-corrected chi connectivity index (χ3v) is 7.09. The van der Waals surface area contributed by atoms with Gasteiger partial charge in [0.05, 0.1) is 19.1 Å². The van der Waals surface area contributed by atoms with Gasteiger partial charge in [0, 0.05) is 36.1 Å². The van der Waals surface area contributed by atoms with Crippen molar-refractivity contribution in [2.24, 2.45) is 0 Å². The van der Waals surface area contributed by atoms with Gasteiger partial charge in [-0.25, -0.2) is 9.18 Å². The van der Waals surface area contributed by atoms with E-state index in [-0.39, 0.29) is 12.8 Å². The number of halogens is 1. The molecule has 2 aliphatic rings. The summed E-state index contributed by atoms with van der Waals surface area (Å²) in [5.41, 5.74) is -0.864. The van der Waals surface area contributed by atoms with Crippen LogP contribution < -0.4 is 0 Å². The normalized spacial score (nSPS) is 26.3. The highest BCUT2D eigenvalue weighted by atomic mass is 32.3. The first-order valence-electron chi connectivity index (χ1n) is 11.1. The van der Waals surface area contributed by atoms with Gasteiger partial charge in [0.1, 0.15) is 19.3 Å². The second-order valence-electron chi connectivity index (χ2n) is 8.99. The maximum absolute atomic E-state index is 13.3. The van der Waals surface area contributed by atoms with Crippen molar-refractivity contribution in [1.82, 2.24) is 0 Å². The van der Waals surface area contributed by atoms with E-state index in [1.165, 1.54) is 0 Å². The van der Waals surface area contributed by atoms with Gasteiger partial charge < -0.3 is 23.4 Å². The van der Waals surface area contributed by atoms with Crippen LogP contribution in [0.15, 0.2) is 60.7 Å². The van der Waals surface area contributed by atoms with Crippen LogP contribution in [0.5, 0.6) is 0 Å². The summed E-state index contributed by atoms with van der Waals surface area (Å²) in [5, 5.41) is 11.6. The number of carbonyl (C=O) groups excluding carboxylic acids is 1. The molecule has 0 radical (unpaired) electrons. The number of hydrogen-bond acceptors (Lipinski definition) is 7. The van der Waals surface area contributed by atoms with E-state index in [4.69, 9.17) is 22.3 Å². The zero-order valence-corrected chi connectivity index (χ0v) is 19.7. The van der Waals surface area contributed by atoms with Crippen molar-refractivity contribution < 1.29 is 41.0 Å². The molecule has 4 rings (SSSR count). The predicted molar refractivity (Wildman–Crippen MR) is 119 cm³/mol. The molecule has 2 aliphatic heterocycles. The number of alkyl halides is 1. The molecule has 10 heteroatoms. The molecule has 34 heavy (non-hydrogen) atoms. The standard InChI is InChI=1S/C24H29FNO3.H2O4S/c1-26(15-14-25)20-12-13-21(26)17-22(16-20)29-23(27)24(28,18-8-4-2-5-9-18)19-10-6-3-7-11-19;1-5(2,3)4/h2-11,20-22,28H,12-17H2,1H3;(H2,1,2,3,4)/q+1;/p-2/t20-,21-,22?,26?;/m0./s1. The number of hydrogen-bond donors (Lipinski definition) is 1. The summed E-state index contributed by atoms with van der Waals surface area (Å²) in [6, 6.07) is 18.5. The Balaban J connectivity index is 0.000000588. The summed E-state index contributed by atoms with van der Waals surface area (Å²) in [6.07, 6.45) is 3.27. The lowest BCUT2D eigenvalue weighted by atomic mass is 9.86. The second-order valence-corrected chi connectivity index (χ2v) is 9.81. The smallest absolute Gasteiger partial charge is 0.347 e. The molecule has 2 fully saturated rings. The fraction of sp³-hybridized carbons (Fsp3) is 0.458.